The van der Waals surface area contributed by atoms with Gasteiger partial charge in [0.2, 0.25) is 10.0 Å². The van der Waals surface area contributed by atoms with E-state index in [1.807, 2.05) is 43.3 Å². The second kappa shape index (κ2) is 7.62. The molecule has 0 radical (unpaired) electrons. The summed E-state index contributed by atoms with van der Waals surface area (Å²) in [6.07, 6.45) is 0. The summed E-state index contributed by atoms with van der Waals surface area (Å²) < 4.78 is 26.9. The maximum atomic E-state index is 12.8. The van der Waals surface area contributed by atoms with Crippen molar-refractivity contribution in [3.63, 3.8) is 0 Å². The molecule has 8 heteroatoms. The number of nitro groups is 1. The number of rotatable bonds is 7. The quantitative estimate of drug-likeness (QED) is 0.558. The Kier molecular flexibility index (Phi) is 5.76. The van der Waals surface area contributed by atoms with Gasteiger partial charge in [-0.1, -0.05) is 19.1 Å². The van der Waals surface area contributed by atoms with Crippen molar-refractivity contribution in [1.29, 1.82) is 0 Å². The van der Waals surface area contributed by atoms with E-state index in [2.05, 4.69) is 0 Å². The Morgan fingerprint density at radius 3 is 2.00 bits per heavy atom. The SMILES string of the molecule is CCN(Cc1ccc(N(C)C)cc1)S(=O)(=O)c1ccc([N+](=O)[O-])cc1. The molecule has 0 unspecified atom stereocenters. The van der Waals surface area contributed by atoms with Crippen LogP contribution in [0.25, 0.3) is 0 Å². The summed E-state index contributed by atoms with van der Waals surface area (Å²) in [5, 5.41) is 10.7. The Labute approximate surface area is 147 Å². The molecule has 134 valence electrons. The fraction of sp³-hybridized carbons (Fsp3) is 0.294. The molecule has 0 aliphatic carbocycles. The lowest BCUT2D eigenvalue weighted by Crippen LogP contribution is -2.30. The van der Waals surface area contributed by atoms with Gasteiger partial charge in [0.15, 0.2) is 0 Å². The van der Waals surface area contributed by atoms with Gasteiger partial charge in [-0.15, -0.1) is 0 Å². The summed E-state index contributed by atoms with van der Waals surface area (Å²) >= 11 is 0. The molecular formula is C17H21N3O4S. The van der Waals surface area contributed by atoms with Crippen molar-refractivity contribution in [2.45, 2.75) is 18.4 Å². The molecule has 7 nitrogen and oxygen atoms in total. The first-order chi connectivity index (χ1) is 11.8. The Bertz CT molecular complexity index is 831. The minimum Gasteiger partial charge on any atom is -0.378 e. The second-order valence-electron chi connectivity index (χ2n) is 5.74. The van der Waals surface area contributed by atoms with Crippen molar-refractivity contribution < 1.29 is 13.3 Å². The molecule has 0 saturated carbocycles. The molecule has 0 bridgehead atoms. The van der Waals surface area contributed by atoms with Crippen LogP contribution in [0.3, 0.4) is 0 Å². The van der Waals surface area contributed by atoms with Crippen LogP contribution in [0.4, 0.5) is 11.4 Å². The molecule has 0 N–H and O–H groups in total. The molecule has 0 fully saturated rings. The highest BCUT2D eigenvalue weighted by molar-refractivity contribution is 7.89. The number of nitrogens with zero attached hydrogens (tertiary/aromatic N) is 3. The summed E-state index contributed by atoms with van der Waals surface area (Å²) in [6, 6.07) is 12.6. The summed E-state index contributed by atoms with van der Waals surface area (Å²) in [7, 11) is 0.156. The minimum atomic E-state index is -3.72. The zero-order valence-electron chi connectivity index (χ0n) is 14.4. The molecular weight excluding hydrogens is 342 g/mol. The Balaban J connectivity index is 2.24. The van der Waals surface area contributed by atoms with Crippen LogP contribution in [0.2, 0.25) is 0 Å². The van der Waals surface area contributed by atoms with Crippen LogP contribution < -0.4 is 4.90 Å². The van der Waals surface area contributed by atoms with Crippen molar-refractivity contribution in [3.05, 3.63) is 64.2 Å². The lowest BCUT2D eigenvalue weighted by molar-refractivity contribution is -0.384. The van der Waals surface area contributed by atoms with E-state index in [0.717, 1.165) is 11.3 Å². The molecule has 2 aromatic rings. The first-order valence-corrected chi connectivity index (χ1v) is 9.20. The van der Waals surface area contributed by atoms with Crippen molar-refractivity contribution in [1.82, 2.24) is 4.31 Å². The van der Waals surface area contributed by atoms with Gasteiger partial charge in [-0.3, -0.25) is 10.1 Å². The van der Waals surface area contributed by atoms with Gasteiger partial charge in [0.05, 0.1) is 9.82 Å². The lowest BCUT2D eigenvalue weighted by atomic mass is 10.2. The molecule has 2 rings (SSSR count). The van der Waals surface area contributed by atoms with E-state index in [1.165, 1.54) is 28.6 Å². The molecule has 2 aromatic carbocycles. The van der Waals surface area contributed by atoms with Crippen LogP contribution in [-0.2, 0) is 16.6 Å². The van der Waals surface area contributed by atoms with Crippen molar-refractivity contribution in [2.75, 3.05) is 25.5 Å². The van der Waals surface area contributed by atoms with Crippen LogP contribution in [-0.4, -0.2) is 38.3 Å². The molecule has 0 saturated heterocycles. The van der Waals surface area contributed by atoms with Crippen molar-refractivity contribution in [2.24, 2.45) is 0 Å². The molecule has 0 heterocycles. The highest BCUT2D eigenvalue weighted by Crippen LogP contribution is 2.22. The summed E-state index contributed by atoms with van der Waals surface area (Å²) in [6.45, 7) is 2.30. The topological polar surface area (TPSA) is 83.8 Å². The van der Waals surface area contributed by atoms with Gasteiger partial charge in [0.25, 0.3) is 5.69 Å². The summed E-state index contributed by atoms with van der Waals surface area (Å²) in [5.41, 5.74) is 1.77. The maximum absolute atomic E-state index is 12.8. The van der Waals surface area contributed by atoms with Crippen LogP contribution >= 0.6 is 0 Å². The Morgan fingerprint density at radius 1 is 1.00 bits per heavy atom. The zero-order chi connectivity index (χ0) is 18.6. The lowest BCUT2D eigenvalue weighted by Gasteiger charge is -2.21. The van der Waals surface area contributed by atoms with E-state index in [0.29, 0.717) is 6.54 Å². The van der Waals surface area contributed by atoms with Crippen LogP contribution in [0.1, 0.15) is 12.5 Å². The Hall–Kier alpha value is -2.45. The normalized spacial score (nSPS) is 11.5. The van der Waals surface area contributed by atoms with Crippen LogP contribution in [0.5, 0.6) is 0 Å². The third kappa shape index (κ3) is 4.34. The third-order valence-corrected chi connectivity index (χ3v) is 5.78. The summed E-state index contributed by atoms with van der Waals surface area (Å²) in [4.78, 5) is 12.2. The molecule has 0 spiro atoms. The van der Waals surface area contributed by atoms with Crippen molar-refractivity contribution in [3.8, 4) is 0 Å². The fourth-order valence-electron chi connectivity index (χ4n) is 2.36. The molecule has 0 atom stereocenters. The van der Waals surface area contributed by atoms with Gasteiger partial charge in [0, 0.05) is 45.0 Å². The first kappa shape index (κ1) is 18.9. The molecule has 0 aromatic heterocycles. The monoisotopic (exact) mass is 363 g/mol. The van der Waals surface area contributed by atoms with Gasteiger partial charge in [-0.2, -0.15) is 4.31 Å². The fourth-order valence-corrected chi connectivity index (χ4v) is 3.80. The summed E-state index contributed by atoms with van der Waals surface area (Å²) in [5.74, 6) is 0. The predicted molar refractivity (Wildman–Crippen MR) is 97.1 cm³/mol. The number of non-ortho nitro benzene ring substituents is 1. The molecule has 0 aliphatic rings. The van der Waals surface area contributed by atoms with E-state index >= 15 is 0 Å². The standard InChI is InChI=1S/C17H21N3O4S/c1-4-19(13-14-5-7-15(8-6-14)18(2)3)25(23,24)17-11-9-16(10-12-17)20(21)22/h5-12H,4,13H2,1-3H3. The smallest absolute Gasteiger partial charge is 0.269 e. The largest absolute Gasteiger partial charge is 0.378 e. The van der Waals surface area contributed by atoms with Gasteiger partial charge >= 0.3 is 0 Å². The maximum Gasteiger partial charge on any atom is 0.269 e. The molecule has 0 aliphatic heterocycles. The van der Waals surface area contributed by atoms with E-state index in [9.17, 15) is 18.5 Å². The number of hydrogen-bond acceptors (Lipinski definition) is 5. The van der Waals surface area contributed by atoms with E-state index in [-0.39, 0.29) is 17.1 Å². The number of hydrogen-bond donors (Lipinski definition) is 0. The second-order valence-corrected chi connectivity index (χ2v) is 7.68. The number of sulfonamides is 1. The van der Waals surface area contributed by atoms with E-state index in [1.54, 1.807) is 6.92 Å². The van der Waals surface area contributed by atoms with Crippen LogP contribution in [0.15, 0.2) is 53.4 Å². The molecule has 25 heavy (non-hydrogen) atoms. The van der Waals surface area contributed by atoms with Gasteiger partial charge in [0.1, 0.15) is 0 Å². The average molecular weight is 363 g/mol. The highest BCUT2D eigenvalue weighted by Gasteiger charge is 2.24. The average Bonchev–Trinajstić information content (AvgIpc) is 2.59. The number of anilines is 1. The van der Waals surface area contributed by atoms with Gasteiger partial charge < -0.3 is 4.90 Å². The number of nitro benzene ring substituents is 1. The Morgan fingerprint density at radius 2 is 1.56 bits per heavy atom. The zero-order valence-corrected chi connectivity index (χ0v) is 15.2. The predicted octanol–water partition coefficient (Wildman–Crippen LogP) is 2.87. The van der Waals surface area contributed by atoms with Gasteiger partial charge in [-0.25, -0.2) is 8.42 Å². The molecule has 0 amide bonds. The van der Waals surface area contributed by atoms with E-state index < -0.39 is 14.9 Å². The number of benzene rings is 2. The first-order valence-electron chi connectivity index (χ1n) is 7.76. The van der Waals surface area contributed by atoms with Crippen molar-refractivity contribution >= 4 is 21.4 Å². The van der Waals surface area contributed by atoms with Crippen LogP contribution in [0, 0.1) is 10.1 Å². The highest BCUT2D eigenvalue weighted by atomic mass is 32.2. The minimum absolute atomic E-state index is 0.0462. The third-order valence-electron chi connectivity index (χ3n) is 3.85. The van der Waals surface area contributed by atoms with Gasteiger partial charge in [-0.05, 0) is 29.8 Å². The van der Waals surface area contributed by atoms with E-state index in [4.69, 9.17) is 0 Å².